The van der Waals surface area contributed by atoms with Gasteiger partial charge in [-0.1, -0.05) is 24.3 Å². The van der Waals surface area contributed by atoms with E-state index in [1.165, 1.54) is 12.1 Å². The van der Waals surface area contributed by atoms with Crippen LogP contribution >= 0.6 is 0 Å². The van der Waals surface area contributed by atoms with E-state index in [2.05, 4.69) is 15.0 Å². The first kappa shape index (κ1) is 19.6. The van der Waals surface area contributed by atoms with Gasteiger partial charge in [0.15, 0.2) is 0 Å². The number of benzene rings is 1. The van der Waals surface area contributed by atoms with Gasteiger partial charge in [-0.3, -0.25) is 14.6 Å². The maximum Gasteiger partial charge on any atom is 0.416 e. The number of rotatable bonds is 5. The number of nitrogens with zero attached hydrogens (tertiary/aromatic N) is 4. The minimum atomic E-state index is -4.32. The zero-order valence-corrected chi connectivity index (χ0v) is 16.2. The highest BCUT2D eigenvalue weighted by Gasteiger charge is 2.30. The van der Waals surface area contributed by atoms with E-state index in [1.807, 2.05) is 29.9 Å². The van der Waals surface area contributed by atoms with Gasteiger partial charge >= 0.3 is 6.18 Å². The van der Waals surface area contributed by atoms with E-state index in [0.717, 1.165) is 48.9 Å². The lowest BCUT2D eigenvalue weighted by atomic mass is 10.0. The lowest BCUT2D eigenvalue weighted by Crippen LogP contribution is -2.24. The average molecular weight is 400 g/mol. The summed E-state index contributed by atoms with van der Waals surface area (Å²) in [6, 6.07) is 11.7. The first-order chi connectivity index (χ1) is 13.9. The van der Waals surface area contributed by atoms with Crippen LogP contribution in [0.3, 0.4) is 0 Å². The maximum absolute atomic E-state index is 12.9. The first-order valence-electron chi connectivity index (χ1n) is 9.72. The van der Waals surface area contributed by atoms with Crippen LogP contribution in [0.5, 0.6) is 0 Å². The molecule has 1 fully saturated rings. The largest absolute Gasteiger partial charge is 0.416 e. The van der Waals surface area contributed by atoms with Crippen LogP contribution in [0.15, 0.2) is 54.9 Å². The third kappa shape index (κ3) is 4.50. The Kier molecular flexibility index (Phi) is 5.41. The minimum absolute atomic E-state index is 0.257. The Morgan fingerprint density at radius 1 is 1.10 bits per heavy atom. The van der Waals surface area contributed by atoms with Gasteiger partial charge in [0.25, 0.3) is 0 Å². The van der Waals surface area contributed by atoms with Crippen LogP contribution in [0.25, 0.3) is 0 Å². The van der Waals surface area contributed by atoms with Crippen molar-refractivity contribution >= 4 is 0 Å². The van der Waals surface area contributed by atoms with Crippen molar-refractivity contribution in [2.75, 3.05) is 6.54 Å². The van der Waals surface area contributed by atoms with Crippen molar-refractivity contribution in [1.82, 2.24) is 19.7 Å². The number of alkyl halides is 3. The number of hydrogen-bond acceptors (Lipinski definition) is 3. The number of aromatic nitrogens is 3. The van der Waals surface area contributed by atoms with Crippen molar-refractivity contribution in [2.45, 2.75) is 38.0 Å². The molecule has 1 aliphatic heterocycles. The van der Waals surface area contributed by atoms with Crippen molar-refractivity contribution in [3.8, 4) is 0 Å². The SMILES string of the molecule is Cn1nccc1CN1CCC[C@@H]1c1ccc(Cc2cccc(C(F)(F)F)c2)cn1. The molecule has 7 heteroatoms. The smallest absolute Gasteiger partial charge is 0.289 e. The highest BCUT2D eigenvalue weighted by Crippen LogP contribution is 2.33. The van der Waals surface area contributed by atoms with Crippen molar-refractivity contribution in [1.29, 1.82) is 0 Å². The second-order valence-corrected chi connectivity index (χ2v) is 7.54. The number of halogens is 3. The number of likely N-dealkylation sites (tertiary alicyclic amines) is 1. The highest BCUT2D eigenvalue weighted by molar-refractivity contribution is 5.30. The molecule has 0 spiro atoms. The van der Waals surface area contributed by atoms with Crippen molar-refractivity contribution in [3.63, 3.8) is 0 Å². The van der Waals surface area contributed by atoms with Crippen molar-refractivity contribution < 1.29 is 13.2 Å². The molecule has 0 N–H and O–H groups in total. The molecule has 3 aromatic rings. The zero-order chi connectivity index (χ0) is 20.4. The second kappa shape index (κ2) is 7.99. The Hall–Kier alpha value is -2.67. The van der Waals surface area contributed by atoms with Gasteiger partial charge in [0.1, 0.15) is 0 Å². The van der Waals surface area contributed by atoms with Crippen LogP contribution in [0.1, 0.15) is 47.0 Å². The summed E-state index contributed by atoms with van der Waals surface area (Å²) in [6.07, 6.45) is 1.88. The van der Waals surface area contributed by atoms with Gasteiger partial charge in [0.2, 0.25) is 0 Å². The van der Waals surface area contributed by atoms with Gasteiger partial charge < -0.3 is 0 Å². The van der Waals surface area contributed by atoms with Crippen molar-refractivity contribution in [2.24, 2.45) is 7.05 Å². The van der Waals surface area contributed by atoms with E-state index in [-0.39, 0.29) is 6.04 Å². The van der Waals surface area contributed by atoms with Crippen LogP contribution in [0.2, 0.25) is 0 Å². The average Bonchev–Trinajstić information content (AvgIpc) is 3.32. The van der Waals surface area contributed by atoms with Gasteiger partial charge in [-0.15, -0.1) is 0 Å². The predicted octanol–water partition coefficient (Wildman–Crippen LogP) is 4.76. The van der Waals surface area contributed by atoms with Gasteiger partial charge in [0, 0.05) is 26.0 Å². The highest BCUT2D eigenvalue weighted by atomic mass is 19.4. The van der Waals surface area contributed by atoms with E-state index < -0.39 is 11.7 Å². The first-order valence-corrected chi connectivity index (χ1v) is 9.72. The molecule has 152 valence electrons. The minimum Gasteiger partial charge on any atom is -0.289 e. The molecule has 1 aromatic carbocycles. The molecule has 3 heterocycles. The number of aryl methyl sites for hydroxylation is 1. The van der Waals surface area contributed by atoms with Gasteiger partial charge in [-0.2, -0.15) is 18.3 Å². The monoisotopic (exact) mass is 400 g/mol. The summed E-state index contributed by atoms with van der Waals surface area (Å²) < 4.78 is 40.6. The second-order valence-electron chi connectivity index (χ2n) is 7.54. The summed E-state index contributed by atoms with van der Waals surface area (Å²) in [6.45, 7) is 1.85. The third-order valence-electron chi connectivity index (χ3n) is 5.50. The molecule has 2 aromatic heterocycles. The summed E-state index contributed by atoms with van der Waals surface area (Å²) in [5.41, 5.74) is 3.10. The molecule has 0 unspecified atom stereocenters. The topological polar surface area (TPSA) is 34.0 Å². The standard InChI is InChI=1S/C22H23F3N4/c1-28-19(9-10-27-28)15-29-11-3-6-21(29)20-8-7-17(14-26-20)12-16-4-2-5-18(13-16)22(23,24)25/h2,4-5,7-10,13-14,21H,3,6,11-12,15H2,1H3/t21-/m1/s1. The van der Waals surface area contributed by atoms with E-state index in [9.17, 15) is 13.2 Å². The molecule has 4 nitrogen and oxygen atoms in total. The fourth-order valence-corrected chi connectivity index (χ4v) is 3.95. The Bertz CT molecular complexity index is 963. The molecule has 0 saturated carbocycles. The summed E-state index contributed by atoms with van der Waals surface area (Å²) in [5.74, 6) is 0. The number of hydrogen-bond donors (Lipinski definition) is 0. The lowest BCUT2D eigenvalue weighted by molar-refractivity contribution is -0.137. The zero-order valence-electron chi connectivity index (χ0n) is 16.2. The van der Waals surface area contributed by atoms with Crippen LogP contribution in [0.4, 0.5) is 13.2 Å². The quantitative estimate of drug-likeness (QED) is 0.619. The number of pyridine rings is 1. The van der Waals surface area contributed by atoms with Crippen LogP contribution in [0, 0.1) is 0 Å². The fourth-order valence-electron chi connectivity index (χ4n) is 3.95. The lowest BCUT2D eigenvalue weighted by Gasteiger charge is -2.24. The normalized spacial score (nSPS) is 17.7. The van der Waals surface area contributed by atoms with Crippen LogP contribution < -0.4 is 0 Å². The Morgan fingerprint density at radius 2 is 1.97 bits per heavy atom. The fraction of sp³-hybridized carbons (Fsp3) is 0.364. The van der Waals surface area contributed by atoms with Crippen LogP contribution in [-0.4, -0.2) is 26.2 Å². The molecule has 29 heavy (non-hydrogen) atoms. The molecular formula is C22H23F3N4. The molecule has 1 atom stereocenters. The van der Waals surface area contributed by atoms with Gasteiger partial charge in [-0.05, 0) is 55.1 Å². The molecule has 0 bridgehead atoms. The predicted molar refractivity (Wildman–Crippen MR) is 104 cm³/mol. The molecule has 0 radical (unpaired) electrons. The molecular weight excluding hydrogens is 377 g/mol. The summed E-state index contributed by atoms with van der Waals surface area (Å²) in [5, 5.41) is 4.23. The van der Waals surface area contributed by atoms with Gasteiger partial charge in [-0.25, -0.2) is 0 Å². The van der Waals surface area contributed by atoms with E-state index >= 15 is 0 Å². The summed E-state index contributed by atoms with van der Waals surface area (Å²) in [7, 11) is 1.95. The summed E-state index contributed by atoms with van der Waals surface area (Å²) in [4.78, 5) is 7.05. The summed E-state index contributed by atoms with van der Waals surface area (Å²) >= 11 is 0. The molecule has 4 rings (SSSR count). The Balaban J connectivity index is 1.46. The van der Waals surface area contributed by atoms with Crippen LogP contribution in [-0.2, 0) is 26.2 Å². The van der Waals surface area contributed by atoms with E-state index in [4.69, 9.17) is 0 Å². The van der Waals surface area contributed by atoms with Gasteiger partial charge in [0.05, 0.1) is 23.0 Å². The van der Waals surface area contributed by atoms with E-state index in [1.54, 1.807) is 18.5 Å². The molecule has 1 saturated heterocycles. The third-order valence-corrected chi connectivity index (χ3v) is 5.50. The van der Waals surface area contributed by atoms with E-state index in [0.29, 0.717) is 12.0 Å². The Labute approximate surface area is 168 Å². The van der Waals surface area contributed by atoms with Crippen molar-refractivity contribution in [3.05, 3.63) is 82.9 Å². The molecule has 0 amide bonds. The Morgan fingerprint density at radius 3 is 2.66 bits per heavy atom. The molecule has 0 aliphatic carbocycles. The molecule has 1 aliphatic rings. The maximum atomic E-state index is 12.9.